The number of nitrogens with one attached hydrogen (secondary N) is 1. The highest BCUT2D eigenvalue weighted by Crippen LogP contribution is 2.32. The number of hydrogen-bond acceptors (Lipinski definition) is 4. The van der Waals surface area contributed by atoms with Crippen LogP contribution in [0.15, 0.2) is 41.9 Å². The van der Waals surface area contributed by atoms with E-state index in [-0.39, 0.29) is 0 Å². The number of rotatable bonds is 5. The molecule has 2 aromatic carbocycles. The molecule has 0 unspecified atom stereocenters. The Bertz CT molecular complexity index is 757. The van der Waals surface area contributed by atoms with Crippen molar-refractivity contribution >= 4 is 38.8 Å². The summed E-state index contributed by atoms with van der Waals surface area (Å²) < 4.78 is 6.37. The lowest BCUT2D eigenvalue weighted by Gasteiger charge is -2.12. The molecule has 21 heavy (non-hydrogen) atoms. The zero-order chi connectivity index (χ0) is 14.7. The molecule has 0 saturated carbocycles. The molecule has 3 aromatic rings. The van der Waals surface area contributed by atoms with Crippen molar-refractivity contribution in [2.75, 3.05) is 12.4 Å². The van der Waals surface area contributed by atoms with Crippen LogP contribution >= 0.6 is 22.9 Å². The van der Waals surface area contributed by atoms with Gasteiger partial charge < -0.3 is 10.1 Å². The summed E-state index contributed by atoms with van der Waals surface area (Å²) in [6.45, 7) is 1.29. The van der Waals surface area contributed by atoms with Gasteiger partial charge in [0.25, 0.3) is 0 Å². The Labute approximate surface area is 132 Å². The third kappa shape index (κ3) is 3.02. The zero-order valence-corrected chi connectivity index (χ0v) is 13.2. The maximum absolute atomic E-state index is 6.30. The summed E-state index contributed by atoms with van der Waals surface area (Å²) in [5.41, 5.74) is 6.03. The van der Waals surface area contributed by atoms with E-state index in [2.05, 4.69) is 22.4 Å². The van der Waals surface area contributed by atoms with Crippen LogP contribution in [0.2, 0.25) is 5.02 Å². The molecule has 1 aromatic heterocycles. The lowest BCUT2D eigenvalue weighted by atomic mass is 10.1. The fourth-order valence-electron chi connectivity index (χ4n) is 2.28. The van der Waals surface area contributed by atoms with Crippen molar-refractivity contribution in [3.05, 3.63) is 58.1 Å². The molecule has 0 aliphatic rings. The first kappa shape index (κ1) is 14.3. The third-order valence-corrected chi connectivity index (χ3v) is 4.43. The van der Waals surface area contributed by atoms with Gasteiger partial charge in [-0.2, -0.15) is 0 Å². The first-order valence-electron chi connectivity index (χ1n) is 6.61. The normalized spacial score (nSPS) is 11.0. The number of hydrogen-bond donors (Lipinski definition) is 1. The standard InChI is InChI=1S/C16H15ClN2OS/c1-20-9-12-5-3-2-4-11(12)8-18-15-13(17)6-7-14-16(15)19-10-21-14/h2-7,10,18H,8-9H2,1H3. The molecule has 0 amide bonds. The smallest absolute Gasteiger partial charge is 0.106 e. The summed E-state index contributed by atoms with van der Waals surface area (Å²) in [6.07, 6.45) is 0. The molecule has 3 nitrogen and oxygen atoms in total. The van der Waals surface area contributed by atoms with E-state index in [0.29, 0.717) is 18.2 Å². The SMILES string of the molecule is COCc1ccccc1CNc1c(Cl)ccc2scnc12. The van der Waals surface area contributed by atoms with Gasteiger partial charge in [0, 0.05) is 13.7 Å². The van der Waals surface area contributed by atoms with Gasteiger partial charge in [0.1, 0.15) is 5.52 Å². The lowest BCUT2D eigenvalue weighted by molar-refractivity contribution is 0.184. The van der Waals surface area contributed by atoms with E-state index >= 15 is 0 Å². The Balaban J connectivity index is 1.87. The molecule has 0 fully saturated rings. The van der Waals surface area contributed by atoms with Crippen molar-refractivity contribution in [3.63, 3.8) is 0 Å². The van der Waals surface area contributed by atoms with E-state index in [1.54, 1.807) is 18.4 Å². The number of fused-ring (bicyclic) bond motifs is 1. The Morgan fingerprint density at radius 3 is 2.81 bits per heavy atom. The summed E-state index contributed by atoms with van der Waals surface area (Å²) >= 11 is 7.92. The molecular formula is C16H15ClN2OS. The maximum atomic E-state index is 6.30. The minimum atomic E-state index is 0.604. The molecule has 0 radical (unpaired) electrons. The Morgan fingerprint density at radius 2 is 2.00 bits per heavy atom. The van der Waals surface area contributed by atoms with Crippen molar-refractivity contribution in [1.82, 2.24) is 4.98 Å². The molecule has 0 saturated heterocycles. The third-order valence-electron chi connectivity index (χ3n) is 3.33. The zero-order valence-electron chi connectivity index (χ0n) is 11.6. The lowest BCUT2D eigenvalue weighted by Crippen LogP contribution is -2.04. The summed E-state index contributed by atoms with van der Waals surface area (Å²) in [4.78, 5) is 4.40. The van der Waals surface area contributed by atoms with Gasteiger partial charge in [-0.25, -0.2) is 4.98 Å². The molecule has 0 atom stereocenters. The quantitative estimate of drug-likeness (QED) is 0.740. The van der Waals surface area contributed by atoms with Crippen molar-refractivity contribution in [3.8, 4) is 0 Å². The van der Waals surface area contributed by atoms with Crippen LogP contribution in [0.1, 0.15) is 11.1 Å². The summed E-state index contributed by atoms with van der Waals surface area (Å²) in [5.74, 6) is 0. The van der Waals surface area contributed by atoms with Crippen LogP contribution in [0.5, 0.6) is 0 Å². The van der Waals surface area contributed by atoms with Crippen LogP contribution in [0.3, 0.4) is 0 Å². The van der Waals surface area contributed by atoms with Gasteiger partial charge in [-0.3, -0.25) is 0 Å². The predicted molar refractivity (Wildman–Crippen MR) is 89.1 cm³/mol. The molecular weight excluding hydrogens is 304 g/mol. The van der Waals surface area contributed by atoms with Crippen LogP contribution in [0.4, 0.5) is 5.69 Å². The van der Waals surface area contributed by atoms with Gasteiger partial charge in [-0.05, 0) is 23.3 Å². The Kier molecular flexibility index (Phi) is 4.39. The van der Waals surface area contributed by atoms with Crippen LogP contribution < -0.4 is 5.32 Å². The largest absolute Gasteiger partial charge is 0.380 e. The van der Waals surface area contributed by atoms with Gasteiger partial charge in [0.2, 0.25) is 0 Å². The number of ether oxygens (including phenoxy) is 1. The average molecular weight is 319 g/mol. The predicted octanol–water partition coefficient (Wildman–Crippen LogP) is 4.71. The number of nitrogens with zero attached hydrogens (tertiary/aromatic N) is 1. The minimum absolute atomic E-state index is 0.604. The molecule has 5 heteroatoms. The summed E-state index contributed by atoms with van der Waals surface area (Å²) in [7, 11) is 1.71. The fourth-order valence-corrected chi connectivity index (χ4v) is 3.19. The Morgan fingerprint density at radius 1 is 1.19 bits per heavy atom. The molecule has 1 N–H and O–H groups in total. The number of methoxy groups -OCH3 is 1. The molecule has 0 spiro atoms. The van der Waals surface area contributed by atoms with Crippen molar-refractivity contribution in [2.24, 2.45) is 0 Å². The van der Waals surface area contributed by atoms with Gasteiger partial charge in [0.15, 0.2) is 0 Å². The highest BCUT2D eigenvalue weighted by molar-refractivity contribution is 7.16. The number of halogens is 1. The number of aromatic nitrogens is 1. The second kappa shape index (κ2) is 6.43. The highest BCUT2D eigenvalue weighted by Gasteiger charge is 2.09. The number of thiazole rings is 1. The first-order chi connectivity index (χ1) is 10.3. The van der Waals surface area contributed by atoms with Crippen molar-refractivity contribution in [1.29, 1.82) is 0 Å². The maximum Gasteiger partial charge on any atom is 0.106 e. The van der Waals surface area contributed by atoms with Crippen molar-refractivity contribution < 1.29 is 4.74 Å². The van der Waals surface area contributed by atoms with E-state index in [9.17, 15) is 0 Å². The van der Waals surface area contributed by atoms with Crippen LogP contribution in [0, 0.1) is 0 Å². The Hall–Kier alpha value is -1.62. The van der Waals surface area contributed by atoms with Gasteiger partial charge >= 0.3 is 0 Å². The van der Waals surface area contributed by atoms with Crippen LogP contribution in [0.25, 0.3) is 10.2 Å². The molecule has 108 valence electrons. The summed E-state index contributed by atoms with van der Waals surface area (Å²) in [6, 6.07) is 12.1. The van der Waals surface area contributed by atoms with Gasteiger partial charge in [-0.1, -0.05) is 35.9 Å². The fraction of sp³-hybridized carbons (Fsp3) is 0.188. The molecule has 3 rings (SSSR count). The van der Waals surface area contributed by atoms with Gasteiger partial charge in [0.05, 0.1) is 27.5 Å². The van der Waals surface area contributed by atoms with Crippen LogP contribution in [-0.2, 0) is 17.9 Å². The summed E-state index contributed by atoms with van der Waals surface area (Å²) in [5, 5.41) is 4.11. The van der Waals surface area contributed by atoms with E-state index in [1.165, 1.54) is 11.1 Å². The minimum Gasteiger partial charge on any atom is -0.380 e. The van der Waals surface area contributed by atoms with E-state index in [1.807, 2.05) is 29.8 Å². The number of anilines is 1. The highest BCUT2D eigenvalue weighted by atomic mass is 35.5. The second-order valence-electron chi connectivity index (χ2n) is 4.68. The van der Waals surface area contributed by atoms with Crippen LogP contribution in [-0.4, -0.2) is 12.1 Å². The monoisotopic (exact) mass is 318 g/mol. The van der Waals surface area contributed by atoms with E-state index in [4.69, 9.17) is 16.3 Å². The molecule has 0 aliphatic carbocycles. The molecule has 1 heterocycles. The van der Waals surface area contributed by atoms with E-state index in [0.717, 1.165) is 15.9 Å². The first-order valence-corrected chi connectivity index (χ1v) is 7.86. The topological polar surface area (TPSA) is 34.1 Å². The molecule has 0 bridgehead atoms. The van der Waals surface area contributed by atoms with E-state index < -0.39 is 0 Å². The molecule has 0 aliphatic heterocycles. The van der Waals surface area contributed by atoms with Crippen molar-refractivity contribution in [2.45, 2.75) is 13.2 Å². The van der Waals surface area contributed by atoms with Gasteiger partial charge in [-0.15, -0.1) is 11.3 Å². The average Bonchev–Trinajstić information content (AvgIpc) is 2.96. The number of benzene rings is 2. The second-order valence-corrected chi connectivity index (χ2v) is 5.97.